The highest BCUT2D eigenvalue weighted by atomic mass is 32.1. The Morgan fingerprint density at radius 2 is 1.93 bits per heavy atom. The summed E-state index contributed by atoms with van der Waals surface area (Å²) in [6, 6.07) is 14.5. The fourth-order valence-electron chi connectivity index (χ4n) is 3.41. The van der Waals surface area contributed by atoms with Gasteiger partial charge in [0.1, 0.15) is 16.9 Å². The first-order valence-electron chi connectivity index (χ1n) is 9.30. The van der Waals surface area contributed by atoms with Crippen molar-refractivity contribution in [1.29, 1.82) is 0 Å². The van der Waals surface area contributed by atoms with E-state index < -0.39 is 0 Å². The minimum Gasteiger partial charge on any atom is -0.497 e. The summed E-state index contributed by atoms with van der Waals surface area (Å²) in [5.41, 5.74) is 1.23. The number of ether oxygens (including phenoxy) is 1. The number of hydrogen-bond donors (Lipinski definition) is 0. The van der Waals surface area contributed by atoms with Crippen molar-refractivity contribution in [1.82, 2.24) is 14.5 Å². The number of hydrogen-bond acceptors (Lipinski definition) is 5. The van der Waals surface area contributed by atoms with Gasteiger partial charge in [-0.3, -0.25) is 14.3 Å². The Morgan fingerprint density at radius 1 is 1.14 bits per heavy atom. The van der Waals surface area contributed by atoms with E-state index in [2.05, 4.69) is 41.1 Å². The molecule has 0 aliphatic heterocycles. The van der Waals surface area contributed by atoms with Crippen LogP contribution in [0.1, 0.15) is 17.4 Å². The Labute approximate surface area is 167 Å². The van der Waals surface area contributed by atoms with E-state index in [4.69, 9.17) is 4.74 Å². The Hall–Kier alpha value is -2.70. The average Bonchev–Trinajstić information content (AvgIpc) is 3.14. The lowest BCUT2D eigenvalue weighted by Gasteiger charge is -2.18. The molecule has 0 fully saturated rings. The molecule has 0 aliphatic carbocycles. The van der Waals surface area contributed by atoms with Gasteiger partial charge in [-0.25, -0.2) is 4.98 Å². The van der Waals surface area contributed by atoms with Gasteiger partial charge >= 0.3 is 0 Å². The molecule has 0 N–H and O–H groups in total. The molecule has 28 heavy (non-hydrogen) atoms. The monoisotopic (exact) mass is 393 g/mol. The molecule has 0 atom stereocenters. The molecule has 0 aliphatic rings. The van der Waals surface area contributed by atoms with Gasteiger partial charge in [0, 0.05) is 11.4 Å². The lowest BCUT2D eigenvalue weighted by Crippen LogP contribution is -2.29. The lowest BCUT2D eigenvalue weighted by molar-refractivity contribution is 0.256. The summed E-state index contributed by atoms with van der Waals surface area (Å²) >= 11 is 1.60. The minimum absolute atomic E-state index is 0.0263. The fraction of sp³-hybridized carbons (Fsp3) is 0.273. The summed E-state index contributed by atoms with van der Waals surface area (Å²) in [5.74, 6) is 0.860. The molecule has 144 valence electrons. The topological polar surface area (TPSA) is 47.4 Å². The predicted molar refractivity (Wildman–Crippen MR) is 115 cm³/mol. The number of aryl methyl sites for hydroxylation is 1. The van der Waals surface area contributed by atoms with Gasteiger partial charge < -0.3 is 4.74 Å². The number of fused-ring (bicyclic) bond motifs is 2. The largest absolute Gasteiger partial charge is 0.497 e. The molecule has 2 heterocycles. The summed E-state index contributed by atoms with van der Waals surface area (Å²) in [5, 5.41) is 3.05. The van der Waals surface area contributed by atoms with Gasteiger partial charge in [0.25, 0.3) is 5.56 Å². The van der Waals surface area contributed by atoms with Crippen LogP contribution < -0.4 is 10.3 Å². The van der Waals surface area contributed by atoms with Crippen molar-refractivity contribution >= 4 is 32.3 Å². The Morgan fingerprint density at radius 3 is 2.71 bits per heavy atom. The summed E-state index contributed by atoms with van der Waals surface area (Å²) in [6.07, 6.45) is 2.58. The third-order valence-electron chi connectivity index (χ3n) is 4.88. The maximum Gasteiger partial charge on any atom is 0.263 e. The van der Waals surface area contributed by atoms with Crippen molar-refractivity contribution < 1.29 is 4.74 Å². The molecule has 0 unspecified atom stereocenters. The highest BCUT2D eigenvalue weighted by Crippen LogP contribution is 2.23. The van der Waals surface area contributed by atoms with Crippen LogP contribution in [0.3, 0.4) is 0 Å². The van der Waals surface area contributed by atoms with Crippen molar-refractivity contribution in [2.45, 2.75) is 26.6 Å². The van der Waals surface area contributed by atoms with Crippen LogP contribution in [0.5, 0.6) is 5.75 Å². The zero-order valence-electron chi connectivity index (χ0n) is 16.3. The van der Waals surface area contributed by atoms with Gasteiger partial charge in [-0.05, 0) is 54.1 Å². The SMILES string of the molecule is CCc1cc2c(=O)n(CN(C)Cc3ccc4cc(OC)ccc4c3)cnc2s1. The molecular weight excluding hydrogens is 370 g/mol. The number of rotatable bonds is 6. The van der Waals surface area contributed by atoms with Crippen LogP contribution in [0, 0.1) is 0 Å². The summed E-state index contributed by atoms with van der Waals surface area (Å²) in [7, 11) is 3.69. The van der Waals surface area contributed by atoms with E-state index in [1.807, 2.05) is 25.2 Å². The molecule has 0 spiro atoms. The van der Waals surface area contributed by atoms with E-state index >= 15 is 0 Å². The van der Waals surface area contributed by atoms with Gasteiger partial charge in [0.15, 0.2) is 0 Å². The highest BCUT2D eigenvalue weighted by molar-refractivity contribution is 7.18. The first-order valence-corrected chi connectivity index (χ1v) is 10.1. The Balaban J connectivity index is 1.53. The van der Waals surface area contributed by atoms with E-state index in [0.717, 1.165) is 34.3 Å². The number of methoxy groups -OCH3 is 1. The van der Waals surface area contributed by atoms with Gasteiger partial charge in [-0.2, -0.15) is 0 Å². The minimum atomic E-state index is 0.0263. The molecule has 2 aromatic heterocycles. The first kappa shape index (κ1) is 18.7. The number of aromatic nitrogens is 2. The second kappa shape index (κ2) is 7.73. The first-order chi connectivity index (χ1) is 13.6. The fourth-order valence-corrected chi connectivity index (χ4v) is 4.33. The Kier molecular flexibility index (Phi) is 5.15. The molecule has 6 heteroatoms. The van der Waals surface area contributed by atoms with Gasteiger partial charge in [0.2, 0.25) is 0 Å². The van der Waals surface area contributed by atoms with Crippen LogP contribution in [0.2, 0.25) is 0 Å². The summed E-state index contributed by atoms with van der Waals surface area (Å²) < 4.78 is 6.97. The van der Waals surface area contributed by atoms with Gasteiger partial charge in [0.05, 0.1) is 19.2 Å². The maximum atomic E-state index is 12.8. The van der Waals surface area contributed by atoms with Crippen LogP contribution in [0.15, 0.2) is 53.6 Å². The van der Waals surface area contributed by atoms with Crippen LogP contribution in [-0.4, -0.2) is 28.6 Å². The standard InChI is InChI=1S/C22H23N3O2S/c1-4-19-11-20-21(28-19)23-13-25(22(20)26)14-24(2)12-15-5-6-17-10-18(27-3)8-7-16(17)9-15/h5-11,13H,4,12,14H2,1-3H3. The second-order valence-electron chi connectivity index (χ2n) is 7.01. The summed E-state index contributed by atoms with van der Waals surface area (Å²) in [6.45, 7) is 3.34. The lowest BCUT2D eigenvalue weighted by atomic mass is 10.1. The molecular formula is C22H23N3O2S. The van der Waals surface area contributed by atoms with Gasteiger partial charge in [-0.1, -0.05) is 25.1 Å². The number of benzene rings is 2. The normalized spacial score (nSPS) is 11.6. The molecule has 4 rings (SSSR count). The number of thiophene rings is 1. The molecule has 0 radical (unpaired) electrons. The average molecular weight is 394 g/mol. The predicted octanol–water partition coefficient (Wildman–Crippen LogP) is 4.27. The van der Waals surface area contributed by atoms with Crippen LogP contribution >= 0.6 is 11.3 Å². The molecule has 5 nitrogen and oxygen atoms in total. The molecule has 0 bridgehead atoms. The van der Waals surface area contributed by atoms with E-state index in [1.54, 1.807) is 29.3 Å². The van der Waals surface area contributed by atoms with Crippen molar-refractivity contribution in [3.8, 4) is 5.75 Å². The Bertz CT molecular complexity index is 1200. The van der Waals surface area contributed by atoms with Crippen molar-refractivity contribution in [3.05, 3.63) is 69.6 Å². The summed E-state index contributed by atoms with van der Waals surface area (Å²) in [4.78, 5) is 21.4. The zero-order valence-corrected chi connectivity index (χ0v) is 17.1. The second-order valence-corrected chi connectivity index (χ2v) is 8.12. The van der Waals surface area contributed by atoms with Crippen molar-refractivity contribution in [3.63, 3.8) is 0 Å². The molecule has 0 amide bonds. The molecule has 4 aromatic rings. The van der Waals surface area contributed by atoms with E-state index in [9.17, 15) is 4.79 Å². The third kappa shape index (κ3) is 3.66. The van der Waals surface area contributed by atoms with Crippen molar-refractivity contribution in [2.24, 2.45) is 0 Å². The third-order valence-corrected chi connectivity index (χ3v) is 6.06. The number of nitrogens with zero attached hydrogens (tertiary/aromatic N) is 3. The maximum absolute atomic E-state index is 12.8. The zero-order chi connectivity index (χ0) is 19.7. The highest BCUT2D eigenvalue weighted by Gasteiger charge is 2.10. The van der Waals surface area contributed by atoms with E-state index in [-0.39, 0.29) is 5.56 Å². The molecule has 2 aromatic carbocycles. The molecule has 0 saturated heterocycles. The van der Waals surface area contributed by atoms with E-state index in [0.29, 0.717) is 6.67 Å². The van der Waals surface area contributed by atoms with Gasteiger partial charge in [-0.15, -0.1) is 11.3 Å². The molecule has 0 saturated carbocycles. The van der Waals surface area contributed by atoms with Crippen molar-refractivity contribution in [2.75, 3.05) is 14.2 Å². The quantitative estimate of drug-likeness (QED) is 0.491. The van der Waals surface area contributed by atoms with E-state index in [1.165, 1.54) is 15.8 Å². The smallest absolute Gasteiger partial charge is 0.263 e. The van der Waals surface area contributed by atoms with Crippen LogP contribution in [0.25, 0.3) is 21.0 Å². The van der Waals surface area contributed by atoms with Crippen LogP contribution in [-0.2, 0) is 19.6 Å². The van der Waals surface area contributed by atoms with Crippen LogP contribution in [0.4, 0.5) is 0 Å².